The third-order valence-electron chi connectivity index (χ3n) is 1.89. The summed E-state index contributed by atoms with van der Waals surface area (Å²) in [6.07, 6.45) is 1.70. The Balaban J connectivity index is 2.71. The van der Waals surface area contributed by atoms with Gasteiger partial charge in [0.15, 0.2) is 5.89 Å². The highest BCUT2D eigenvalue weighted by Crippen LogP contribution is 2.14. The largest absolute Gasteiger partial charge is 0.445 e. The van der Waals surface area contributed by atoms with Crippen LogP contribution < -0.4 is 5.73 Å². The molecule has 3 heteroatoms. The van der Waals surface area contributed by atoms with Crippen LogP contribution in [0.1, 0.15) is 31.2 Å². The van der Waals surface area contributed by atoms with Gasteiger partial charge in [0.25, 0.3) is 0 Å². The normalized spacial score (nSPS) is 11.2. The van der Waals surface area contributed by atoms with Gasteiger partial charge in [0.2, 0.25) is 0 Å². The van der Waals surface area contributed by atoms with E-state index in [1.54, 1.807) is 0 Å². The van der Waals surface area contributed by atoms with Crippen molar-refractivity contribution >= 4 is 0 Å². The van der Waals surface area contributed by atoms with E-state index in [-0.39, 0.29) is 0 Å². The zero-order valence-corrected chi connectivity index (χ0v) is 8.63. The minimum absolute atomic E-state index is 0.598. The van der Waals surface area contributed by atoms with Gasteiger partial charge in [-0.05, 0) is 12.8 Å². The number of oxazole rings is 1. The van der Waals surface area contributed by atoms with Crippen LogP contribution in [0.15, 0.2) is 4.42 Å². The number of nitrogens with zero attached hydrogens (tertiary/aromatic N) is 1. The Morgan fingerprint density at radius 2 is 2.15 bits per heavy atom. The number of nitrogens with two attached hydrogens (primary N) is 1. The molecule has 0 fully saturated rings. The van der Waals surface area contributed by atoms with Crippen molar-refractivity contribution in [3.8, 4) is 0 Å². The number of aromatic nitrogens is 1. The van der Waals surface area contributed by atoms with Crippen LogP contribution >= 0.6 is 0 Å². The number of hydrogen-bond donors (Lipinski definition) is 1. The van der Waals surface area contributed by atoms with Gasteiger partial charge < -0.3 is 10.2 Å². The van der Waals surface area contributed by atoms with Crippen LogP contribution in [0.3, 0.4) is 0 Å². The van der Waals surface area contributed by atoms with E-state index < -0.39 is 0 Å². The van der Waals surface area contributed by atoms with Crippen molar-refractivity contribution < 1.29 is 4.42 Å². The molecule has 13 heavy (non-hydrogen) atoms. The maximum absolute atomic E-state index is 5.57. The zero-order chi connectivity index (χ0) is 9.84. The van der Waals surface area contributed by atoms with E-state index in [1.807, 2.05) is 6.92 Å². The molecular formula is C10H18N2O. The Morgan fingerprint density at radius 1 is 1.46 bits per heavy atom. The minimum atomic E-state index is 0.598. The molecule has 1 heterocycles. The first-order valence-electron chi connectivity index (χ1n) is 4.78. The van der Waals surface area contributed by atoms with Crippen LogP contribution in [0.2, 0.25) is 0 Å². The summed E-state index contributed by atoms with van der Waals surface area (Å²) in [6.45, 7) is 6.93. The van der Waals surface area contributed by atoms with Crippen LogP contribution in [-0.4, -0.2) is 11.5 Å². The number of rotatable bonds is 4. The Labute approximate surface area is 79.3 Å². The predicted octanol–water partition coefficient (Wildman–Crippen LogP) is 1.68. The van der Waals surface area contributed by atoms with Crippen molar-refractivity contribution in [3.63, 3.8) is 0 Å². The second kappa shape index (κ2) is 4.42. The summed E-state index contributed by atoms with van der Waals surface area (Å²) in [5.74, 6) is 2.39. The standard InChI is InChI=1S/C10H18N2O/c1-7(2)6-9-8(3)12-10(13-9)4-5-11/h7H,4-6,11H2,1-3H3. The molecule has 0 atom stereocenters. The smallest absolute Gasteiger partial charge is 0.195 e. The van der Waals surface area contributed by atoms with Crippen LogP contribution in [0.4, 0.5) is 0 Å². The molecule has 0 spiro atoms. The van der Waals surface area contributed by atoms with Gasteiger partial charge in [-0.2, -0.15) is 0 Å². The molecule has 3 nitrogen and oxygen atoms in total. The summed E-state index contributed by atoms with van der Waals surface area (Å²) in [5.41, 5.74) is 6.43. The van der Waals surface area contributed by atoms with Gasteiger partial charge in [-0.1, -0.05) is 13.8 Å². The van der Waals surface area contributed by atoms with Crippen LogP contribution in [0, 0.1) is 12.8 Å². The Bertz CT molecular complexity index is 266. The molecule has 1 aromatic rings. The molecular weight excluding hydrogens is 164 g/mol. The molecule has 0 radical (unpaired) electrons. The lowest BCUT2D eigenvalue weighted by Crippen LogP contribution is -2.02. The number of aryl methyl sites for hydroxylation is 1. The summed E-state index contributed by atoms with van der Waals surface area (Å²) in [4.78, 5) is 4.31. The zero-order valence-electron chi connectivity index (χ0n) is 8.63. The Morgan fingerprint density at radius 3 is 2.69 bits per heavy atom. The Hall–Kier alpha value is -0.830. The van der Waals surface area contributed by atoms with Gasteiger partial charge in [0, 0.05) is 19.4 Å². The summed E-state index contributed by atoms with van der Waals surface area (Å²) < 4.78 is 5.57. The van der Waals surface area contributed by atoms with Crippen LogP contribution in [0.25, 0.3) is 0 Å². The van der Waals surface area contributed by atoms with Gasteiger partial charge in [-0.3, -0.25) is 0 Å². The highest BCUT2D eigenvalue weighted by atomic mass is 16.4. The van der Waals surface area contributed by atoms with Crippen molar-refractivity contribution in [2.75, 3.05) is 6.54 Å². The average molecular weight is 182 g/mol. The fourth-order valence-electron chi connectivity index (χ4n) is 1.28. The van der Waals surface area contributed by atoms with Gasteiger partial charge in [0.05, 0.1) is 5.69 Å². The molecule has 0 aliphatic heterocycles. The molecule has 0 amide bonds. The Kier molecular flexibility index (Phi) is 3.48. The molecule has 1 aromatic heterocycles. The third-order valence-corrected chi connectivity index (χ3v) is 1.89. The third kappa shape index (κ3) is 2.84. The molecule has 74 valence electrons. The van der Waals surface area contributed by atoms with E-state index in [9.17, 15) is 0 Å². The van der Waals surface area contributed by atoms with Crippen LogP contribution in [-0.2, 0) is 12.8 Å². The van der Waals surface area contributed by atoms with Gasteiger partial charge >= 0.3 is 0 Å². The molecule has 0 saturated carbocycles. The fourth-order valence-corrected chi connectivity index (χ4v) is 1.28. The molecule has 0 aliphatic rings. The molecule has 2 N–H and O–H groups in total. The maximum atomic E-state index is 5.57. The second-order valence-corrected chi connectivity index (χ2v) is 3.75. The van der Waals surface area contributed by atoms with Crippen LogP contribution in [0.5, 0.6) is 0 Å². The predicted molar refractivity (Wildman–Crippen MR) is 52.5 cm³/mol. The molecule has 1 rings (SSSR count). The monoisotopic (exact) mass is 182 g/mol. The van der Waals surface area contributed by atoms with Gasteiger partial charge in [0.1, 0.15) is 5.76 Å². The first-order chi connectivity index (χ1) is 6.13. The van der Waals surface area contributed by atoms with Crippen molar-refractivity contribution in [2.24, 2.45) is 11.7 Å². The summed E-state index contributed by atoms with van der Waals surface area (Å²) in [5, 5.41) is 0. The molecule has 0 aliphatic carbocycles. The average Bonchev–Trinajstić information content (AvgIpc) is 2.31. The quantitative estimate of drug-likeness (QED) is 0.770. The van der Waals surface area contributed by atoms with E-state index in [4.69, 9.17) is 10.2 Å². The van der Waals surface area contributed by atoms with E-state index >= 15 is 0 Å². The number of hydrogen-bond acceptors (Lipinski definition) is 3. The van der Waals surface area contributed by atoms with E-state index in [2.05, 4.69) is 18.8 Å². The van der Waals surface area contributed by atoms with E-state index in [1.165, 1.54) is 0 Å². The second-order valence-electron chi connectivity index (χ2n) is 3.75. The fraction of sp³-hybridized carbons (Fsp3) is 0.700. The maximum Gasteiger partial charge on any atom is 0.195 e. The van der Waals surface area contributed by atoms with Crippen molar-refractivity contribution in [2.45, 2.75) is 33.6 Å². The first kappa shape index (κ1) is 10.3. The van der Waals surface area contributed by atoms with Crippen molar-refractivity contribution in [3.05, 3.63) is 17.3 Å². The minimum Gasteiger partial charge on any atom is -0.445 e. The van der Waals surface area contributed by atoms with Crippen molar-refractivity contribution in [1.29, 1.82) is 0 Å². The summed E-state index contributed by atoms with van der Waals surface area (Å²) in [7, 11) is 0. The molecule has 0 saturated heterocycles. The highest BCUT2D eigenvalue weighted by molar-refractivity contribution is 5.08. The van der Waals surface area contributed by atoms with Gasteiger partial charge in [-0.25, -0.2) is 4.98 Å². The molecule has 0 bridgehead atoms. The summed E-state index contributed by atoms with van der Waals surface area (Å²) in [6, 6.07) is 0. The lowest BCUT2D eigenvalue weighted by Gasteiger charge is -2.00. The van der Waals surface area contributed by atoms with E-state index in [0.717, 1.165) is 30.2 Å². The molecule has 0 unspecified atom stereocenters. The van der Waals surface area contributed by atoms with Crippen molar-refractivity contribution in [1.82, 2.24) is 4.98 Å². The molecule has 0 aromatic carbocycles. The topological polar surface area (TPSA) is 52.0 Å². The SMILES string of the molecule is Cc1nc(CCN)oc1CC(C)C. The first-order valence-corrected chi connectivity index (χ1v) is 4.78. The lowest BCUT2D eigenvalue weighted by atomic mass is 10.1. The van der Waals surface area contributed by atoms with E-state index in [0.29, 0.717) is 12.5 Å². The van der Waals surface area contributed by atoms with Gasteiger partial charge in [-0.15, -0.1) is 0 Å². The summed E-state index contributed by atoms with van der Waals surface area (Å²) >= 11 is 0. The lowest BCUT2D eigenvalue weighted by molar-refractivity contribution is 0.432. The highest BCUT2D eigenvalue weighted by Gasteiger charge is 2.09.